The molecule has 0 radical (unpaired) electrons. The number of carbonyl (C=O) groups excluding carboxylic acids is 3. The van der Waals surface area contributed by atoms with Crippen LogP contribution in [0, 0.1) is 0 Å². The standard InChI is InChI=1S/C56H92O6/c1-4-7-10-13-16-19-22-24-26-27-28-30-31-34-37-40-43-46-49-55(58)61-52-53(51-60-54(57)48-45-42-39-36-33-21-18-15-12-9-6-3)62-56(59)50-47-44-41-38-35-32-29-25-23-20-17-14-11-8-5-2/h9-10,12-13,16,18-19,21-22,24,26-28,30,36,39,53H,4-8,11,14-15,17,20,23,25,29,31-35,37-38,40-52H2,1-3H3/b12-9-,13-10-,19-16-,21-18-,24-22-,27-26-,30-28-,39-36-. The highest BCUT2D eigenvalue weighted by atomic mass is 16.6. The number of unbranched alkanes of at least 4 members (excludes halogenated alkanes) is 21. The molecule has 6 nitrogen and oxygen atoms in total. The fourth-order valence-corrected chi connectivity index (χ4v) is 6.67. The predicted molar refractivity (Wildman–Crippen MR) is 265 cm³/mol. The van der Waals surface area contributed by atoms with Gasteiger partial charge in [0.25, 0.3) is 0 Å². The minimum atomic E-state index is -0.806. The molecular formula is C56H92O6. The summed E-state index contributed by atoms with van der Waals surface area (Å²) in [4.78, 5) is 37.9. The van der Waals surface area contributed by atoms with Gasteiger partial charge in [0, 0.05) is 19.3 Å². The van der Waals surface area contributed by atoms with Crippen LogP contribution in [-0.4, -0.2) is 37.2 Å². The molecule has 62 heavy (non-hydrogen) atoms. The molecular weight excluding hydrogens is 769 g/mol. The molecule has 0 aromatic carbocycles. The van der Waals surface area contributed by atoms with Gasteiger partial charge in [0.05, 0.1) is 0 Å². The van der Waals surface area contributed by atoms with Crippen molar-refractivity contribution in [1.82, 2.24) is 0 Å². The van der Waals surface area contributed by atoms with Crippen molar-refractivity contribution >= 4 is 17.9 Å². The van der Waals surface area contributed by atoms with E-state index in [-0.39, 0.29) is 37.5 Å². The Balaban J connectivity index is 4.47. The predicted octanol–water partition coefficient (Wildman–Crippen LogP) is 16.6. The van der Waals surface area contributed by atoms with Crippen molar-refractivity contribution in [2.24, 2.45) is 0 Å². The van der Waals surface area contributed by atoms with Crippen molar-refractivity contribution in [3.63, 3.8) is 0 Å². The quantitative estimate of drug-likeness (QED) is 0.0200. The van der Waals surface area contributed by atoms with Crippen LogP contribution in [0.2, 0.25) is 0 Å². The monoisotopic (exact) mass is 861 g/mol. The Morgan fingerprint density at radius 2 is 0.742 bits per heavy atom. The van der Waals surface area contributed by atoms with Crippen LogP contribution in [0.1, 0.15) is 220 Å². The number of allylic oxidation sites excluding steroid dienone is 16. The third kappa shape index (κ3) is 47.4. The van der Waals surface area contributed by atoms with Crippen LogP contribution in [-0.2, 0) is 28.6 Å². The molecule has 0 saturated carbocycles. The highest BCUT2D eigenvalue weighted by molar-refractivity contribution is 5.71. The zero-order chi connectivity index (χ0) is 45.1. The Kier molecular flexibility index (Phi) is 47.0. The zero-order valence-corrected chi connectivity index (χ0v) is 40.1. The van der Waals surface area contributed by atoms with Crippen LogP contribution in [0.15, 0.2) is 97.2 Å². The SMILES string of the molecule is CC/C=C\C/C=C\C/C=C\CCCC(=O)OCC(COC(=O)CCCCCCC\C=C/C=C\C=C/C=C\C=C/CCC)OC(=O)CCCCCCCCCCCCCCCCC. The number of hydrogen-bond acceptors (Lipinski definition) is 6. The van der Waals surface area contributed by atoms with Gasteiger partial charge in [0.1, 0.15) is 13.2 Å². The summed E-state index contributed by atoms with van der Waals surface area (Å²) in [5.41, 5.74) is 0. The molecule has 352 valence electrons. The molecule has 0 N–H and O–H groups in total. The summed E-state index contributed by atoms with van der Waals surface area (Å²) >= 11 is 0. The van der Waals surface area contributed by atoms with E-state index in [1.54, 1.807) is 0 Å². The average Bonchev–Trinajstić information content (AvgIpc) is 3.27. The van der Waals surface area contributed by atoms with Gasteiger partial charge in [0.2, 0.25) is 0 Å². The van der Waals surface area contributed by atoms with Gasteiger partial charge in [-0.25, -0.2) is 0 Å². The number of ether oxygens (including phenoxy) is 3. The second kappa shape index (κ2) is 50.0. The van der Waals surface area contributed by atoms with E-state index in [9.17, 15) is 14.4 Å². The molecule has 0 heterocycles. The summed E-state index contributed by atoms with van der Waals surface area (Å²) in [6.07, 6.45) is 65.4. The summed E-state index contributed by atoms with van der Waals surface area (Å²) in [5, 5.41) is 0. The Labute approximate surface area is 381 Å². The van der Waals surface area contributed by atoms with E-state index >= 15 is 0 Å². The van der Waals surface area contributed by atoms with Crippen molar-refractivity contribution in [3.8, 4) is 0 Å². The topological polar surface area (TPSA) is 78.9 Å². The Hall–Kier alpha value is -3.67. The van der Waals surface area contributed by atoms with Gasteiger partial charge in [-0.1, -0.05) is 234 Å². The molecule has 6 heteroatoms. The minimum Gasteiger partial charge on any atom is -0.462 e. The van der Waals surface area contributed by atoms with Crippen LogP contribution < -0.4 is 0 Å². The maximum absolute atomic E-state index is 12.8. The number of esters is 3. The van der Waals surface area contributed by atoms with Crippen molar-refractivity contribution in [2.75, 3.05) is 13.2 Å². The molecule has 0 rings (SSSR count). The maximum atomic E-state index is 12.8. The summed E-state index contributed by atoms with van der Waals surface area (Å²) in [6, 6.07) is 0. The number of carbonyl (C=O) groups is 3. The first kappa shape index (κ1) is 58.3. The second-order valence-corrected chi connectivity index (χ2v) is 16.5. The molecule has 0 aliphatic rings. The van der Waals surface area contributed by atoms with Gasteiger partial charge in [0.15, 0.2) is 6.10 Å². The van der Waals surface area contributed by atoms with Crippen LogP contribution in [0.25, 0.3) is 0 Å². The van der Waals surface area contributed by atoms with E-state index in [1.165, 1.54) is 83.5 Å². The Morgan fingerprint density at radius 3 is 1.24 bits per heavy atom. The highest BCUT2D eigenvalue weighted by Crippen LogP contribution is 2.15. The smallest absolute Gasteiger partial charge is 0.306 e. The second-order valence-electron chi connectivity index (χ2n) is 16.5. The first-order valence-electron chi connectivity index (χ1n) is 25.3. The van der Waals surface area contributed by atoms with Crippen LogP contribution in [0.3, 0.4) is 0 Å². The summed E-state index contributed by atoms with van der Waals surface area (Å²) in [7, 11) is 0. The third-order valence-corrected chi connectivity index (χ3v) is 10.4. The van der Waals surface area contributed by atoms with Crippen molar-refractivity contribution in [1.29, 1.82) is 0 Å². The molecule has 0 saturated heterocycles. The average molecular weight is 861 g/mol. The van der Waals surface area contributed by atoms with Crippen molar-refractivity contribution in [3.05, 3.63) is 97.2 Å². The van der Waals surface area contributed by atoms with E-state index in [0.29, 0.717) is 19.3 Å². The molecule has 1 unspecified atom stereocenters. The van der Waals surface area contributed by atoms with Gasteiger partial charge in [-0.3, -0.25) is 14.4 Å². The van der Waals surface area contributed by atoms with Crippen molar-refractivity contribution in [2.45, 2.75) is 226 Å². The molecule has 0 aromatic rings. The minimum absolute atomic E-state index is 0.106. The lowest BCUT2D eigenvalue weighted by molar-refractivity contribution is -0.167. The number of hydrogen-bond donors (Lipinski definition) is 0. The van der Waals surface area contributed by atoms with Crippen molar-refractivity contribution < 1.29 is 28.6 Å². The summed E-state index contributed by atoms with van der Waals surface area (Å²) in [5.74, 6) is -0.987. The van der Waals surface area contributed by atoms with Crippen LogP contribution >= 0.6 is 0 Å². The summed E-state index contributed by atoms with van der Waals surface area (Å²) in [6.45, 7) is 6.36. The first-order chi connectivity index (χ1) is 30.5. The maximum Gasteiger partial charge on any atom is 0.306 e. The number of rotatable bonds is 44. The molecule has 0 bridgehead atoms. The molecule has 0 spiro atoms. The first-order valence-corrected chi connectivity index (χ1v) is 25.3. The molecule has 0 amide bonds. The van der Waals surface area contributed by atoms with Gasteiger partial charge < -0.3 is 14.2 Å². The van der Waals surface area contributed by atoms with Gasteiger partial charge in [-0.05, 0) is 64.2 Å². The van der Waals surface area contributed by atoms with E-state index < -0.39 is 6.10 Å². The van der Waals surface area contributed by atoms with E-state index in [0.717, 1.165) is 89.9 Å². The lowest BCUT2D eigenvalue weighted by Gasteiger charge is -2.18. The van der Waals surface area contributed by atoms with Crippen LogP contribution in [0.4, 0.5) is 0 Å². The van der Waals surface area contributed by atoms with E-state index in [1.807, 2.05) is 30.4 Å². The fraction of sp³-hybridized carbons (Fsp3) is 0.661. The molecule has 1 atom stereocenters. The molecule has 0 aromatic heterocycles. The Bertz CT molecular complexity index is 1260. The van der Waals surface area contributed by atoms with E-state index in [4.69, 9.17) is 14.2 Å². The zero-order valence-electron chi connectivity index (χ0n) is 40.1. The van der Waals surface area contributed by atoms with Crippen LogP contribution in [0.5, 0.6) is 0 Å². The molecule has 0 aliphatic heterocycles. The van der Waals surface area contributed by atoms with E-state index in [2.05, 4.69) is 87.6 Å². The Morgan fingerprint density at radius 1 is 0.355 bits per heavy atom. The lowest BCUT2D eigenvalue weighted by atomic mass is 10.0. The largest absolute Gasteiger partial charge is 0.462 e. The third-order valence-electron chi connectivity index (χ3n) is 10.4. The summed E-state index contributed by atoms with van der Waals surface area (Å²) < 4.78 is 16.7. The van der Waals surface area contributed by atoms with Gasteiger partial charge >= 0.3 is 17.9 Å². The van der Waals surface area contributed by atoms with Gasteiger partial charge in [-0.2, -0.15) is 0 Å². The fourth-order valence-electron chi connectivity index (χ4n) is 6.67. The highest BCUT2D eigenvalue weighted by Gasteiger charge is 2.19. The molecule has 0 aliphatic carbocycles. The molecule has 0 fully saturated rings. The lowest BCUT2D eigenvalue weighted by Crippen LogP contribution is -2.30. The normalized spacial score (nSPS) is 12.9. The van der Waals surface area contributed by atoms with Gasteiger partial charge in [-0.15, -0.1) is 0 Å².